The summed E-state index contributed by atoms with van der Waals surface area (Å²) in [7, 11) is 0. The van der Waals surface area contributed by atoms with Crippen LogP contribution in [0.5, 0.6) is 0 Å². The van der Waals surface area contributed by atoms with Crippen LogP contribution in [0.25, 0.3) is 0 Å². The molecule has 1 amide bonds. The van der Waals surface area contributed by atoms with Crippen LogP contribution in [0.1, 0.15) is 60.5 Å². The van der Waals surface area contributed by atoms with Crippen LogP contribution in [0.15, 0.2) is 9.00 Å². The van der Waals surface area contributed by atoms with Crippen molar-refractivity contribution in [2.75, 3.05) is 0 Å². The van der Waals surface area contributed by atoms with Gasteiger partial charge in [0.2, 0.25) is 0 Å². The number of fused-ring (bicyclic) bond motifs is 2. The Morgan fingerprint density at radius 2 is 2.19 bits per heavy atom. The van der Waals surface area contributed by atoms with Gasteiger partial charge in [-0.2, -0.15) is 10.1 Å². The summed E-state index contributed by atoms with van der Waals surface area (Å²) in [6.07, 6.45) is 5.22. The van der Waals surface area contributed by atoms with E-state index in [1.54, 1.807) is 4.68 Å². The number of nitrogens with one attached hydrogen (secondary N) is 1. The standard InChI is InChI=1S/C18H24BrN5O2/c1-9(14-7-12-4-5-13(14)6-12)20-17(25)18-21-15(23-26-18)8-24-11(3)16(19)10(2)22-24/h9,12-14H,4-8H2,1-3H3,(H,20,25)/t9-,12-,13-,14+/m1/s1. The predicted molar refractivity (Wildman–Crippen MR) is 98.7 cm³/mol. The lowest BCUT2D eigenvalue weighted by Gasteiger charge is -2.28. The second-order valence-corrected chi connectivity index (χ2v) is 8.55. The van der Waals surface area contributed by atoms with Gasteiger partial charge in [-0.3, -0.25) is 9.48 Å². The Morgan fingerprint density at radius 3 is 2.81 bits per heavy atom. The zero-order valence-electron chi connectivity index (χ0n) is 15.3. The van der Waals surface area contributed by atoms with Gasteiger partial charge in [0.05, 0.1) is 15.9 Å². The molecule has 2 saturated carbocycles. The van der Waals surface area contributed by atoms with E-state index < -0.39 is 0 Å². The maximum absolute atomic E-state index is 12.5. The summed E-state index contributed by atoms with van der Waals surface area (Å²) in [6, 6.07) is 0.139. The lowest BCUT2D eigenvalue weighted by Crippen LogP contribution is -2.40. The van der Waals surface area contributed by atoms with Gasteiger partial charge in [0, 0.05) is 6.04 Å². The molecule has 2 aliphatic carbocycles. The minimum Gasteiger partial charge on any atom is -0.345 e. The normalized spacial score (nSPS) is 25.6. The molecule has 2 fully saturated rings. The van der Waals surface area contributed by atoms with Gasteiger partial charge < -0.3 is 9.84 Å². The van der Waals surface area contributed by atoms with E-state index in [4.69, 9.17) is 4.52 Å². The van der Waals surface area contributed by atoms with Crippen molar-refractivity contribution < 1.29 is 9.32 Å². The Labute approximate surface area is 161 Å². The van der Waals surface area contributed by atoms with Crippen LogP contribution < -0.4 is 5.32 Å². The van der Waals surface area contributed by atoms with E-state index in [-0.39, 0.29) is 17.8 Å². The molecule has 0 unspecified atom stereocenters. The molecule has 7 nitrogen and oxygen atoms in total. The number of nitrogens with zero attached hydrogens (tertiary/aromatic N) is 4. The average Bonchev–Trinajstić information content (AvgIpc) is 3.38. The van der Waals surface area contributed by atoms with E-state index in [9.17, 15) is 4.79 Å². The minimum absolute atomic E-state index is 0.0237. The molecule has 2 bridgehead atoms. The molecule has 26 heavy (non-hydrogen) atoms. The van der Waals surface area contributed by atoms with Crippen molar-refractivity contribution in [2.45, 2.75) is 59.0 Å². The highest BCUT2D eigenvalue weighted by Crippen LogP contribution is 2.49. The zero-order chi connectivity index (χ0) is 18.4. The van der Waals surface area contributed by atoms with Crippen molar-refractivity contribution in [2.24, 2.45) is 17.8 Å². The Balaban J connectivity index is 1.39. The van der Waals surface area contributed by atoms with Gasteiger partial charge in [0.25, 0.3) is 0 Å². The molecular weight excluding hydrogens is 398 g/mol. The number of hydrogen-bond acceptors (Lipinski definition) is 5. The first-order valence-corrected chi connectivity index (χ1v) is 10.0. The second kappa shape index (κ2) is 6.79. The van der Waals surface area contributed by atoms with Gasteiger partial charge in [-0.05, 0) is 73.7 Å². The van der Waals surface area contributed by atoms with Crippen molar-refractivity contribution in [1.82, 2.24) is 25.2 Å². The molecule has 0 spiro atoms. The fraction of sp³-hybridized carbons (Fsp3) is 0.667. The number of halogens is 1. The number of amides is 1. The third kappa shape index (κ3) is 3.19. The maximum atomic E-state index is 12.5. The summed E-state index contributed by atoms with van der Waals surface area (Å²) >= 11 is 3.50. The number of rotatable bonds is 5. The number of carbonyl (C=O) groups is 1. The van der Waals surface area contributed by atoms with E-state index in [0.29, 0.717) is 18.3 Å². The van der Waals surface area contributed by atoms with Crippen LogP contribution in [0.4, 0.5) is 0 Å². The van der Waals surface area contributed by atoms with Crippen molar-refractivity contribution in [3.8, 4) is 0 Å². The summed E-state index contributed by atoms with van der Waals surface area (Å²) in [5.74, 6) is 2.38. The van der Waals surface area contributed by atoms with Gasteiger partial charge in [-0.15, -0.1) is 0 Å². The van der Waals surface area contributed by atoms with Crippen LogP contribution in [0, 0.1) is 31.6 Å². The average molecular weight is 422 g/mol. The van der Waals surface area contributed by atoms with E-state index in [1.165, 1.54) is 25.7 Å². The first kappa shape index (κ1) is 17.7. The van der Waals surface area contributed by atoms with Crippen molar-refractivity contribution >= 4 is 21.8 Å². The highest BCUT2D eigenvalue weighted by atomic mass is 79.9. The number of aromatic nitrogens is 4. The fourth-order valence-electron chi connectivity index (χ4n) is 4.66. The number of hydrogen-bond donors (Lipinski definition) is 1. The first-order chi connectivity index (χ1) is 12.4. The van der Waals surface area contributed by atoms with Gasteiger partial charge >= 0.3 is 11.8 Å². The highest BCUT2D eigenvalue weighted by molar-refractivity contribution is 9.10. The molecule has 0 aliphatic heterocycles. The summed E-state index contributed by atoms with van der Waals surface area (Å²) in [5, 5.41) is 11.4. The summed E-state index contributed by atoms with van der Waals surface area (Å²) in [5.41, 5.74) is 1.90. The van der Waals surface area contributed by atoms with Crippen molar-refractivity contribution in [3.05, 3.63) is 27.6 Å². The molecular formula is C18H24BrN5O2. The molecule has 2 aromatic heterocycles. The first-order valence-electron chi connectivity index (χ1n) is 9.25. The van der Waals surface area contributed by atoms with Crippen LogP contribution in [-0.4, -0.2) is 31.9 Å². The lowest BCUT2D eigenvalue weighted by atomic mass is 9.84. The highest BCUT2D eigenvalue weighted by Gasteiger charge is 2.42. The molecule has 140 valence electrons. The summed E-state index contributed by atoms with van der Waals surface area (Å²) in [4.78, 5) is 16.7. The minimum atomic E-state index is -0.284. The smallest absolute Gasteiger partial charge is 0.316 e. The zero-order valence-corrected chi connectivity index (χ0v) is 16.9. The topological polar surface area (TPSA) is 85.8 Å². The van der Waals surface area contributed by atoms with Gasteiger partial charge in [0.1, 0.15) is 6.54 Å². The molecule has 0 saturated heterocycles. The third-order valence-electron chi connectivity index (χ3n) is 6.04. The van der Waals surface area contributed by atoms with Crippen molar-refractivity contribution in [3.63, 3.8) is 0 Å². The third-order valence-corrected chi connectivity index (χ3v) is 7.19. The Kier molecular flexibility index (Phi) is 4.62. The Hall–Kier alpha value is -1.70. The number of aryl methyl sites for hydroxylation is 1. The molecule has 2 heterocycles. The second-order valence-electron chi connectivity index (χ2n) is 7.76. The molecule has 0 radical (unpaired) electrons. The van der Waals surface area contributed by atoms with Crippen LogP contribution in [0.3, 0.4) is 0 Å². The quantitative estimate of drug-likeness (QED) is 0.800. The Morgan fingerprint density at radius 1 is 1.38 bits per heavy atom. The monoisotopic (exact) mass is 421 g/mol. The van der Waals surface area contributed by atoms with Gasteiger partial charge in [-0.1, -0.05) is 11.6 Å². The van der Waals surface area contributed by atoms with Crippen LogP contribution in [-0.2, 0) is 6.54 Å². The van der Waals surface area contributed by atoms with E-state index in [2.05, 4.69) is 43.4 Å². The Bertz CT molecular complexity index is 830. The summed E-state index contributed by atoms with van der Waals surface area (Å²) < 4.78 is 7.94. The van der Waals surface area contributed by atoms with Gasteiger partial charge in [0.15, 0.2) is 5.82 Å². The summed E-state index contributed by atoms with van der Waals surface area (Å²) in [6.45, 7) is 6.36. The van der Waals surface area contributed by atoms with E-state index in [0.717, 1.165) is 27.7 Å². The lowest BCUT2D eigenvalue weighted by molar-refractivity contribution is 0.0871. The predicted octanol–water partition coefficient (Wildman–Crippen LogP) is 3.25. The van der Waals surface area contributed by atoms with E-state index >= 15 is 0 Å². The fourth-order valence-corrected chi connectivity index (χ4v) is 4.94. The molecule has 0 aromatic carbocycles. The van der Waals surface area contributed by atoms with Gasteiger partial charge in [-0.25, -0.2) is 0 Å². The molecule has 8 heteroatoms. The van der Waals surface area contributed by atoms with E-state index in [1.807, 2.05) is 13.8 Å². The van der Waals surface area contributed by atoms with Crippen LogP contribution in [0.2, 0.25) is 0 Å². The molecule has 2 aromatic rings. The van der Waals surface area contributed by atoms with Crippen LogP contribution >= 0.6 is 15.9 Å². The maximum Gasteiger partial charge on any atom is 0.316 e. The number of carbonyl (C=O) groups excluding carboxylic acids is 1. The SMILES string of the molecule is Cc1nn(Cc2noc(C(=O)N[C@H](C)[C@@H]3C[C@@H]4CC[C@@H]3C4)n2)c(C)c1Br. The molecule has 1 N–H and O–H groups in total. The molecule has 4 rings (SSSR count). The van der Waals surface area contributed by atoms with Crippen molar-refractivity contribution in [1.29, 1.82) is 0 Å². The molecule has 2 aliphatic rings. The molecule has 4 atom stereocenters. The largest absolute Gasteiger partial charge is 0.345 e.